The predicted octanol–water partition coefficient (Wildman–Crippen LogP) is 2.47. The SMILES string of the molecule is CN/C=C\C(=N)c1ccc(Cc2cc(C(=O)N(N)C3CCCOC3)c(N)c(C)c2C)cn1. The zero-order valence-corrected chi connectivity index (χ0v) is 18.9. The van der Waals surface area contributed by atoms with E-state index in [2.05, 4.69) is 10.3 Å². The van der Waals surface area contributed by atoms with E-state index in [1.165, 1.54) is 5.01 Å². The normalized spacial score (nSPS) is 16.2. The second-order valence-corrected chi connectivity index (χ2v) is 8.09. The maximum absolute atomic E-state index is 13.2. The first-order valence-corrected chi connectivity index (χ1v) is 10.8. The van der Waals surface area contributed by atoms with Crippen molar-refractivity contribution in [1.82, 2.24) is 15.3 Å². The molecule has 1 amide bonds. The first-order chi connectivity index (χ1) is 15.3. The molecule has 2 heterocycles. The number of rotatable bonds is 7. The van der Waals surface area contributed by atoms with E-state index in [1.54, 1.807) is 25.5 Å². The predicted molar refractivity (Wildman–Crippen MR) is 127 cm³/mol. The Bertz CT molecular complexity index is 1010. The van der Waals surface area contributed by atoms with Crippen molar-refractivity contribution in [3.63, 3.8) is 0 Å². The molecule has 3 rings (SSSR count). The van der Waals surface area contributed by atoms with Crippen LogP contribution in [-0.2, 0) is 11.2 Å². The number of allylic oxidation sites excluding steroid dienone is 1. The highest BCUT2D eigenvalue weighted by Gasteiger charge is 2.27. The largest absolute Gasteiger partial charge is 0.398 e. The van der Waals surface area contributed by atoms with Gasteiger partial charge < -0.3 is 15.8 Å². The second-order valence-electron chi connectivity index (χ2n) is 8.09. The number of carbonyl (C=O) groups excluding carboxylic acids is 1. The monoisotopic (exact) mass is 436 g/mol. The lowest BCUT2D eigenvalue weighted by Crippen LogP contribution is -2.49. The summed E-state index contributed by atoms with van der Waals surface area (Å²) in [6.45, 7) is 5.07. The van der Waals surface area contributed by atoms with Crippen LogP contribution in [0.1, 0.15) is 51.1 Å². The number of pyridine rings is 1. The Morgan fingerprint density at radius 3 is 2.78 bits per heavy atom. The summed E-state index contributed by atoms with van der Waals surface area (Å²) in [5.74, 6) is 5.88. The van der Waals surface area contributed by atoms with Crippen LogP contribution in [0.25, 0.3) is 0 Å². The van der Waals surface area contributed by atoms with E-state index in [0.29, 0.717) is 42.3 Å². The molecule has 1 fully saturated rings. The average Bonchev–Trinajstić information content (AvgIpc) is 2.83. The Hall–Kier alpha value is -3.23. The lowest BCUT2D eigenvalue weighted by Gasteiger charge is -2.31. The first-order valence-electron chi connectivity index (χ1n) is 10.8. The van der Waals surface area contributed by atoms with E-state index in [-0.39, 0.29) is 11.9 Å². The van der Waals surface area contributed by atoms with Gasteiger partial charge >= 0.3 is 0 Å². The number of carbonyl (C=O) groups is 1. The molecule has 1 aromatic carbocycles. The van der Waals surface area contributed by atoms with Crippen LogP contribution >= 0.6 is 0 Å². The molecule has 0 saturated carbocycles. The van der Waals surface area contributed by atoms with E-state index in [4.69, 9.17) is 21.7 Å². The second kappa shape index (κ2) is 10.4. The summed E-state index contributed by atoms with van der Waals surface area (Å²) < 4.78 is 5.48. The van der Waals surface area contributed by atoms with Gasteiger partial charge in [0, 0.05) is 25.5 Å². The molecular weight excluding hydrogens is 404 g/mol. The van der Waals surface area contributed by atoms with Crippen molar-refractivity contribution in [1.29, 1.82) is 5.41 Å². The van der Waals surface area contributed by atoms with E-state index < -0.39 is 0 Å². The molecule has 8 nitrogen and oxygen atoms in total. The maximum Gasteiger partial charge on any atom is 0.270 e. The minimum Gasteiger partial charge on any atom is -0.398 e. The van der Waals surface area contributed by atoms with Gasteiger partial charge in [0.25, 0.3) is 5.91 Å². The quantitative estimate of drug-likeness (QED) is 0.173. The van der Waals surface area contributed by atoms with Crippen molar-refractivity contribution >= 4 is 17.3 Å². The van der Waals surface area contributed by atoms with Crippen LogP contribution in [0.15, 0.2) is 36.7 Å². The number of anilines is 1. The molecule has 1 saturated heterocycles. The van der Waals surface area contributed by atoms with Crippen LogP contribution in [-0.4, -0.2) is 47.9 Å². The lowest BCUT2D eigenvalue weighted by molar-refractivity contribution is 0.0166. The Labute approximate surface area is 189 Å². The molecule has 1 unspecified atom stereocenters. The third kappa shape index (κ3) is 5.15. The zero-order valence-electron chi connectivity index (χ0n) is 18.9. The fourth-order valence-electron chi connectivity index (χ4n) is 3.77. The van der Waals surface area contributed by atoms with Crippen LogP contribution < -0.4 is 16.9 Å². The average molecular weight is 437 g/mol. The smallest absolute Gasteiger partial charge is 0.270 e. The number of ether oxygens (including phenoxy) is 1. The molecule has 0 aliphatic carbocycles. The first kappa shape index (κ1) is 23.4. The van der Waals surface area contributed by atoms with Crippen molar-refractivity contribution in [2.24, 2.45) is 5.84 Å². The summed E-state index contributed by atoms with van der Waals surface area (Å²) in [5, 5.41) is 12.2. The number of hydrogen-bond donors (Lipinski definition) is 4. The number of hydrogen-bond acceptors (Lipinski definition) is 7. The van der Waals surface area contributed by atoms with Gasteiger partial charge in [0.1, 0.15) is 0 Å². The highest BCUT2D eigenvalue weighted by Crippen LogP contribution is 2.28. The number of nitrogens with one attached hydrogen (secondary N) is 2. The van der Waals surface area contributed by atoms with Gasteiger partial charge in [-0.2, -0.15) is 0 Å². The molecule has 1 atom stereocenters. The Balaban J connectivity index is 1.84. The molecule has 1 aromatic heterocycles. The van der Waals surface area contributed by atoms with Crippen molar-refractivity contribution in [3.05, 3.63) is 70.2 Å². The highest BCUT2D eigenvalue weighted by molar-refractivity contribution is 6.05. The van der Waals surface area contributed by atoms with Crippen molar-refractivity contribution in [2.45, 2.75) is 39.2 Å². The number of nitrogens with zero attached hydrogens (tertiary/aromatic N) is 2. The molecule has 32 heavy (non-hydrogen) atoms. The fourth-order valence-corrected chi connectivity index (χ4v) is 3.77. The Kier molecular flexibility index (Phi) is 7.61. The molecule has 0 spiro atoms. The third-order valence-electron chi connectivity index (χ3n) is 5.96. The van der Waals surface area contributed by atoms with Gasteiger partial charge in [-0.15, -0.1) is 0 Å². The molecule has 8 heteroatoms. The van der Waals surface area contributed by atoms with Crippen molar-refractivity contribution in [3.8, 4) is 0 Å². The summed E-state index contributed by atoms with van der Waals surface area (Å²) >= 11 is 0. The maximum atomic E-state index is 13.2. The number of hydrazine groups is 1. The zero-order chi connectivity index (χ0) is 23.3. The van der Waals surface area contributed by atoms with Crippen LogP contribution in [0.4, 0.5) is 5.69 Å². The number of benzene rings is 1. The van der Waals surface area contributed by atoms with Crippen LogP contribution in [0, 0.1) is 19.3 Å². The molecule has 1 aliphatic heterocycles. The van der Waals surface area contributed by atoms with Crippen molar-refractivity contribution in [2.75, 3.05) is 26.0 Å². The number of amides is 1. The number of aromatic nitrogens is 1. The molecule has 170 valence electrons. The number of nitrogen functional groups attached to an aromatic ring is 1. The molecule has 1 aliphatic rings. The minimum atomic E-state index is -0.291. The topological polar surface area (TPSA) is 130 Å². The number of nitrogens with two attached hydrogens (primary N) is 2. The Morgan fingerprint density at radius 1 is 1.38 bits per heavy atom. The van der Waals surface area contributed by atoms with E-state index >= 15 is 0 Å². The summed E-state index contributed by atoms with van der Waals surface area (Å²) in [7, 11) is 1.78. The summed E-state index contributed by atoms with van der Waals surface area (Å²) in [4.78, 5) is 17.6. The van der Waals surface area contributed by atoms with Crippen LogP contribution in [0.3, 0.4) is 0 Å². The van der Waals surface area contributed by atoms with E-state index in [9.17, 15) is 4.79 Å². The summed E-state index contributed by atoms with van der Waals surface area (Å²) in [6.07, 6.45) is 7.40. The molecule has 0 bridgehead atoms. The van der Waals surface area contributed by atoms with Gasteiger partial charge in [-0.3, -0.25) is 20.2 Å². The molecule has 6 N–H and O–H groups in total. The van der Waals surface area contributed by atoms with E-state index in [0.717, 1.165) is 35.1 Å². The van der Waals surface area contributed by atoms with Crippen LogP contribution in [0.5, 0.6) is 0 Å². The van der Waals surface area contributed by atoms with Gasteiger partial charge in [-0.25, -0.2) is 5.84 Å². The standard InChI is InChI=1S/C24H32N6O2/c1-15-16(2)23(26)20(24(31)30(27)19-5-4-10-32-14-19)12-18(15)11-17-6-7-22(29-13-17)21(25)8-9-28-3/h6-9,12-13,19,25,28H,4-5,10-11,14,26-27H2,1-3H3/b9-8-,25-21?. The summed E-state index contributed by atoms with van der Waals surface area (Å²) in [6, 6.07) is 5.47. The fraction of sp³-hybridized carbons (Fsp3) is 0.375. The third-order valence-corrected chi connectivity index (χ3v) is 5.96. The molecule has 2 aromatic rings. The minimum absolute atomic E-state index is 0.148. The van der Waals surface area contributed by atoms with Crippen molar-refractivity contribution < 1.29 is 9.53 Å². The molecular formula is C24H32N6O2. The summed E-state index contributed by atoms with van der Waals surface area (Å²) in [5.41, 5.74) is 12.0. The van der Waals surface area contributed by atoms with Gasteiger partial charge in [-0.05, 0) is 79.8 Å². The van der Waals surface area contributed by atoms with Crippen LogP contribution in [0.2, 0.25) is 0 Å². The van der Waals surface area contributed by atoms with Gasteiger partial charge in [0.2, 0.25) is 0 Å². The lowest BCUT2D eigenvalue weighted by atomic mass is 9.92. The van der Waals surface area contributed by atoms with Gasteiger partial charge in [0.15, 0.2) is 0 Å². The van der Waals surface area contributed by atoms with Gasteiger partial charge in [-0.1, -0.05) is 6.07 Å². The van der Waals surface area contributed by atoms with Gasteiger partial charge in [0.05, 0.1) is 29.6 Å². The Morgan fingerprint density at radius 2 is 2.16 bits per heavy atom. The highest BCUT2D eigenvalue weighted by atomic mass is 16.5. The van der Waals surface area contributed by atoms with E-state index in [1.807, 2.05) is 32.0 Å². The molecule has 0 radical (unpaired) electrons.